The lowest BCUT2D eigenvalue weighted by Gasteiger charge is -1.97. The lowest BCUT2D eigenvalue weighted by molar-refractivity contribution is -0.385. The van der Waals surface area contributed by atoms with Gasteiger partial charge in [0.15, 0.2) is 12.6 Å². The molecule has 5 nitrogen and oxygen atoms in total. The van der Waals surface area contributed by atoms with Gasteiger partial charge in [0.1, 0.15) is 11.6 Å². The first-order valence-corrected chi connectivity index (χ1v) is 7.37. The molecule has 9 heteroatoms. The zero-order chi connectivity index (χ0) is 17.6. The van der Waals surface area contributed by atoms with Crippen molar-refractivity contribution in [3.05, 3.63) is 72.2 Å². The van der Waals surface area contributed by atoms with Gasteiger partial charge in [-0.2, -0.15) is 0 Å². The van der Waals surface area contributed by atoms with Crippen LogP contribution >= 0.6 is 31.9 Å². The Morgan fingerprint density at radius 3 is 2.00 bits per heavy atom. The molecule has 120 valence electrons. The van der Waals surface area contributed by atoms with Crippen LogP contribution in [0.4, 0.5) is 14.5 Å². The van der Waals surface area contributed by atoms with Gasteiger partial charge in [0.2, 0.25) is 0 Å². The summed E-state index contributed by atoms with van der Waals surface area (Å²) in [5.74, 6) is -1.28. The maximum Gasteiger partial charge on any atom is 0.284 e. The molecule has 0 atom stereocenters. The minimum atomic E-state index is -0.785. The lowest BCUT2D eigenvalue weighted by atomic mass is 10.2. The average molecular weight is 451 g/mol. The van der Waals surface area contributed by atoms with Crippen molar-refractivity contribution in [2.24, 2.45) is 0 Å². The summed E-state index contributed by atoms with van der Waals surface area (Å²) in [6.07, 6.45) is 0.719. The number of nitrogens with zero attached hydrogens (tertiary/aromatic N) is 1. The molecule has 0 unspecified atom stereocenters. The second kappa shape index (κ2) is 8.59. The highest BCUT2D eigenvalue weighted by atomic mass is 79.9. The normalized spacial score (nSPS) is 9.57. The monoisotopic (exact) mass is 449 g/mol. The summed E-state index contributed by atoms with van der Waals surface area (Å²) in [5, 5.41) is 10.3. The predicted molar refractivity (Wildman–Crippen MR) is 85.6 cm³/mol. The fourth-order valence-corrected chi connectivity index (χ4v) is 2.17. The first-order chi connectivity index (χ1) is 10.8. The fourth-order valence-electron chi connectivity index (χ4n) is 1.38. The minimum absolute atomic E-state index is 0.0144. The van der Waals surface area contributed by atoms with Crippen molar-refractivity contribution in [1.82, 2.24) is 0 Å². The van der Waals surface area contributed by atoms with Crippen LogP contribution < -0.4 is 0 Å². The average Bonchev–Trinajstić information content (AvgIpc) is 2.48. The number of carbonyl (C=O) groups excluding carboxylic acids is 2. The van der Waals surface area contributed by atoms with E-state index in [-0.39, 0.29) is 27.6 Å². The van der Waals surface area contributed by atoms with E-state index in [2.05, 4.69) is 31.9 Å². The van der Waals surface area contributed by atoms with E-state index in [0.717, 1.165) is 12.1 Å². The Morgan fingerprint density at radius 2 is 1.52 bits per heavy atom. The van der Waals surface area contributed by atoms with Crippen molar-refractivity contribution in [3.8, 4) is 0 Å². The Bertz CT molecular complexity index is 769. The zero-order valence-corrected chi connectivity index (χ0v) is 14.3. The van der Waals surface area contributed by atoms with Crippen LogP contribution in [0.1, 0.15) is 20.7 Å². The van der Waals surface area contributed by atoms with Crippen molar-refractivity contribution >= 4 is 50.1 Å². The highest BCUT2D eigenvalue weighted by molar-refractivity contribution is 9.10. The number of rotatable bonds is 3. The van der Waals surface area contributed by atoms with Crippen molar-refractivity contribution in [2.45, 2.75) is 0 Å². The van der Waals surface area contributed by atoms with Gasteiger partial charge in [-0.25, -0.2) is 8.78 Å². The van der Waals surface area contributed by atoms with Crippen LogP contribution in [-0.4, -0.2) is 17.5 Å². The Balaban J connectivity index is 0.000000238. The summed E-state index contributed by atoms with van der Waals surface area (Å²) in [6.45, 7) is 0. The molecule has 0 aliphatic rings. The molecule has 2 aromatic carbocycles. The van der Waals surface area contributed by atoms with E-state index in [0.29, 0.717) is 10.8 Å². The molecule has 2 aromatic rings. The Kier molecular flexibility index (Phi) is 7.11. The maximum atomic E-state index is 12.8. The molecule has 0 N–H and O–H groups in total. The molecule has 0 radical (unpaired) electrons. The molecule has 0 fully saturated rings. The fraction of sp³-hybridized carbons (Fsp3) is 0. The van der Waals surface area contributed by atoms with E-state index in [1.54, 1.807) is 6.07 Å². The number of nitro benzene ring substituents is 1. The molecule has 2 rings (SSSR count). The van der Waals surface area contributed by atoms with Crippen molar-refractivity contribution in [3.63, 3.8) is 0 Å². The van der Waals surface area contributed by atoms with Crippen LogP contribution in [0.25, 0.3) is 0 Å². The molecule has 0 bridgehead atoms. The molecule has 0 aliphatic heterocycles. The van der Waals surface area contributed by atoms with Crippen molar-refractivity contribution < 1.29 is 23.3 Å². The van der Waals surface area contributed by atoms with Gasteiger partial charge in [0.25, 0.3) is 5.69 Å². The summed E-state index contributed by atoms with van der Waals surface area (Å²) in [4.78, 5) is 30.0. The van der Waals surface area contributed by atoms with Crippen LogP contribution in [0.3, 0.4) is 0 Å². The van der Waals surface area contributed by atoms with Crippen molar-refractivity contribution in [2.75, 3.05) is 0 Å². The third-order valence-corrected chi connectivity index (χ3v) is 3.61. The predicted octanol–water partition coefficient (Wildman–Crippen LogP) is 4.71. The smallest absolute Gasteiger partial charge is 0.284 e. The number of halogens is 4. The molecule has 23 heavy (non-hydrogen) atoms. The summed E-state index contributed by atoms with van der Waals surface area (Å²) < 4.78 is 26.0. The number of aldehydes is 2. The summed E-state index contributed by atoms with van der Waals surface area (Å²) >= 11 is 5.88. The van der Waals surface area contributed by atoms with E-state index in [4.69, 9.17) is 0 Å². The maximum absolute atomic E-state index is 12.8. The standard InChI is InChI=1S/C7H3BrFNO3.C7H4BrFO/c8-5-2-6(9)4(3-11)1-7(5)10(12)13;8-6-2-1-5(4-10)7(9)3-6/h1-3H;1-4H. The molecular weight excluding hydrogens is 444 g/mol. The van der Waals surface area contributed by atoms with Crippen molar-refractivity contribution in [1.29, 1.82) is 0 Å². The third kappa shape index (κ3) is 5.29. The van der Waals surface area contributed by atoms with Gasteiger partial charge in [0.05, 0.1) is 20.5 Å². The number of hydrogen-bond acceptors (Lipinski definition) is 4. The molecule has 0 aromatic heterocycles. The summed E-state index contributed by atoms with van der Waals surface area (Å²) in [6, 6.07) is 6.07. The molecule has 0 amide bonds. The van der Waals surface area contributed by atoms with Gasteiger partial charge in [-0.3, -0.25) is 19.7 Å². The first-order valence-electron chi connectivity index (χ1n) is 5.79. The SMILES string of the molecule is O=Cc1cc([N+](=O)[O-])c(Br)cc1F.O=Cc1ccc(Br)cc1F. The number of carbonyl (C=O) groups is 2. The number of nitro groups is 1. The summed E-state index contributed by atoms with van der Waals surface area (Å²) in [5.41, 5.74) is -0.568. The Labute approximate surface area is 145 Å². The van der Waals surface area contributed by atoms with Crippen LogP contribution in [-0.2, 0) is 0 Å². The molecule has 0 spiro atoms. The van der Waals surface area contributed by atoms with E-state index in [9.17, 15) is 28.5 Å². The molecule has 0 saturated carbocycles. The second-order valence-electron chi connectivity index (χ2n) is 3.98. The molecule has 0 heterocycles. The third-order valence-electron chi connectivity index (χ3n) is 2.48. The number of benzene rings is 2. The molecule has 0 saturated heterocycles. The van der Waals surface area contributed by atoms with Gasteiger partial charge < -0.3 is 0 Å². The van der Waals surface area contributed by atoms with Crippen LogP contribution in [0.2, 0.25) is 0 Å². The Morgan fingerprint density at radius 1 is 0.957 bits per heavy atom. The largest absolute Gasteiger partial charge is 0.298 e. The minimum Gasteiger partial charge on any atom is -0.298 e. The van der Waals surface area contributed by atoms with Gasteiger partial charge in [-0.1, -0.05) is 15.9 Å². The van der Waals surface area contributed by atoms with Crippen LogP contribution in [0.15, 0.2) is 39.3 Å². The van der Waals surface area contributed by atoms with Gasteiger partial charge in [-0.15, -0.1) is 0 Å². The van der Waals surface area contributed by atoms with E-state index < -0.39 is 16.6 Å². The Hall–Kier alpha value is -2.00. The molecule has 0 aliphatic carbocycles. The van der Waals surface area contributed by atoms with Crippen LogP contribution in [0.5, 0.6) is 0 Å². The van der Waals surface area contributed by atoms with Gasteiger partial charge >= 0.3 is 0 Å². The van der Waals surface area contributed by atoms with Gasteiger partial charge in [-0.05, 0) is 40.2 Å². The second-order valence-corrected chi connectivity index (χ2v) is 5.75. The van der Waals surface area contributed by atoms with E-state index >= 15 is 0 Å². The molecular formula is C14H7Br2F2NO4. The topological polar surface area (TPSA) is 77.3 Å². The highest BCUT2D eigenvalue weighted by Gasteiger charge is 2.15. The lowest BCUT2D eigenvalue weighted by Crippen LogP contribution is -1.94. The van der Waals surface area contributed by atoms with Gasteiger partial charge in [0, 0.05) is 10.5 Å². The highest BCUT2D eigenvalue weighted by Crippen LogP contribution is 2.26. The van der Waals surface area contributed by atoms with E-state index in [1.165, 1.54) is 12.1 Å². The zero-order valence-electron chi connectivity index (χ0n) is 11.1. The van der Waals surface area contributed by atoms with E-state index in [1.807, 2.05) is 0 Å². The summed E-state index contributed by atoms with van der Waals surface area (Å²) in [7, 11) is 0. The number of hydrogen-bond donors (Lipinski definition) is 0. The van der Waals surface area contributed by atoms with Crippen LogP contribution in [0, 0.1) is 21.7 Å². The quantitative estimate of drug-likeness (QED) is 0.385. The first kappa shape index (κ1) is 19.0.